The van der Waals surface area contributed by atoms with Gasteiger partial charge in [0.15, 0.2) is 38.2 Å². The second-order valence-electron chi connectivity index (χ2n) is 22.6. The van der Waals surface area contributed by atoms with E-state index in [2.05, 4.69) is 45.8 Å². The molecular weight excluding hydrogens is 1370 g/mol. The number of nitrogens with zero attached hydrogens (tertiary/aromatic N) is 15. The molecule has 2 N–H and O–H groups in total. The first-order chi connectivity index (χ1) is 46.5. The largest absolute Gasteiger partial charge is 0.506 e. The molecule has 12 rings (SSSR count). The number of unbranched alkanes of at least 4 members (excludes halogenated alkanes) is 2. The topological polar surface area (TPSA) is 283 Å². The number of aromatic nitrogens is 15. The molecule has 97 heavy (non-hydrogen) atoms. The quantitative estimate of drug-likeness (QED) is 0.0712. The van der Waals surface area contributed by atoms with Crippen LogP contribution >= 0.6 is 50.7 Å². The van der Waals surface area contributed by atoms with Crippen LogP contribution in [0.4, 0.5) is 0 Å². The zero-order valence-corrected chi connectivity index (χ0v) is 58.3. The number of aryl methyl sites for hydroxylation is 6. The molecule has 9 aromatic heterocycles. The van der Waals surface area contributed by atoms with Crippen LogP contribution < -0.4 is 43.2 Å². The lowest BCUT2D eigenvalue weighted by molar-refractivity contribution is 0.277. The van der Waals surface area contributed by atoms with Crippen LogP contribution in [0, 0.1) is 20.8 Å². The molecular formula is C68H71BrCl3N15O10. The third-order valence-electron chi connectivity index (χ3n) is 15.4. The number of ether oxygens (including phenoxy) is 2. The monoisotopic (exact) mass is 1440 g/mol. The number of aliphatic hydroxyl groups is 1. The van der Waals surface area contributed by atoms with E-state index >= 15 is 0 Å². The fourth-order valence-corrected chi connectivity index (χ4v) is 11.0. The lowest BCUT2D eigenvalue weighted by Crippen LogP contribution is -2.39. The molecule has 29 heteroatoms. The van der Waals surface area contributed by atoms with Crippen LogP contribution in [0.5, 0.6) is 29.3 Å². The Kier molecular flexibility index (Phi) is 23.9. The Morgan fingerprint density at radius 3 is 1.08 bits per heavy atom. The van der Waals surface area contributed by atoms with Crippen LogP contribution in [0.2, 0.25) is 15.1 Å². The number of imidazole rings is 3. The number of fused-ring (bicyclic) bond motifs is 3. The summed E-state index contributed by atoms with van der Waals surface area (Å²) in [6.45, 7) is 11.4. The van der Waals surface area contributed by atoms with Crippen molar-refractivity contribution >= 4 is 84.2 Å². The Bertz CT molecular complexity index is 4880. The smallest absolute Gasteiger partial charge is 0.332 e. The predicted octanol–water partition coefficient (Wildman–Crippen LogP) is 10.6. The van der Waals surface area contributed by atoms with Gasteiger partial charge in [-0.25, -0.2) is 19.4 Å². The maximum absolute atomic E-state index is 13.4. The van der Waals surface area contributed by atoms with Crippen molar-refractivity contribution in [3.8, 4) is 29.3 Å². The summed E-state index contributed by atoms with van der Waals surface area (Å²) >= 11 is 21.4. The molecule has 0 bridgehead atoms. The summed E-state index contributed by atoms with van der Waals surface area (Å²) in [5.41, 5.74) is 4.79. The van der Waals surface area contributed by atoms with Gasteiger partial charge in [-0.1, -0.05) is 97.9 Å². The minimum absolute atomic E-state index is 0.0993. The summed E-state index contributed by atoms with van der Waals surface area (Å²) in [6.07, 6.45) is 8.14. The summed E-state index contributed by atoms with van der Waals surface area (Å²) in [4.78, 5) is 103. The SMILES string of the molecule is CCCCn1c(=O)c2c(nc(Br)n2Cc2ccc(Cl)cc2)n(C)c1=O.CCCCn1c(=O)c2c(nc(Oc3ccc(C)nc3)n2Cc2ccc(Cl)cc2)n(C)c1=O.Cc1ccc(O)cn1.Cc1ccc(Oc2nc3c(c(=O)n(CCCO)c(=O)n3C)n2Cc2ccc(Cl)cc2)cn1. The van der Waals surface area contributed by atoms with E-state index in [1.54, 1.807) is 114 Å². The van der Waals surface area contributed by atoms with Crippen molar-refractivity contribution in [2.24, 2.45) is 21.1 Å². The van der Waals surface area contributed by atoms with Crippen LogP contribution in [0.1, 0.15) is 79.7 Å². The Morgan fingerprint density at radius 1 is 0.433 bits per heavy atom. The van der Waals surface area contributed by atoms with Crippen LogP contribution in [0.15, 0.2) is 161 Å². The average molecular weight is 1440 g/mol. The molecule has 3 aromatic carbocycles. The fourth-order valence-electron chi connectivity index (χ4n) is 10.1. The van der Waals surface area contributed by atoms with Crippen LogP contribution in [0.3, 0.4) is 0 Å². The van der Waals surface area contributed by atoms with Gasteiger partial charge in [0.25, 0.3) is 16.7 Å². The van der Waals surface area contributed by atoms with Crippen molar-refractivity contribution in [1.82, 2.24) is 71.0 Å². The van der Waals surface area contributed by atoms with E-state index in [1.807, 2.05) is 77.1 Å². The van der Waals surface area contributed by atoms with Gasteiger partial charge < -0.3 is 24.3 Å². The maximum atomic E-state index is 13.4. The Balaban J connectivity index is 0.000000162. The van der Waals surface area contributed by atoms with Crippen molar-refractivity contribution in [3.05, 3.63) is 244 Å². The highest BCUT2D eigenvalue weighted by Gasteiger charge is 2.25. The Morgan fingerprint density at radius 2 is 0.763 bits per heavy atom. The maximum Gasteiger partial charge on any atom is 0.332 e. The second-order valence-corrected chi connectivity index (χ2v) is 24.7. The van der Waals surface area contributed by atoms with Gasteiger partial charge in [-0.2, -0.15) is 9.97 Å². The second kappa shape index (κ2) is 32.3. The first-order valence-corrected chi connectivity index (χ1v) is 32.9. The Hall–Kier alpha value is -9.73. The number of pyridine rings is 3. The van der Waals surface area contributed by atoms with Gasteiger partial charge in [0.1, 0.15) is 17.2 Å². The summed E-state index contributed by atoms with van der Waals surface area (Å²) in [5.74, 6) is 1.16. The van der Waals surface area contributed by atoms with Gasteiger partial charge in [-0.05, 0) is 145 Å². The third kappa shape index (κ3) is 16.9. The highest BCUT2D eigenvalue weighted by atomic mass is 79.9. The molecule has 0 unspecified atom stereocenters. The van der Waals surface area contributed by atoms with E-state index in [0.29, 0.717) is 74.2 Å². The van der Waals surface area contributed by atoms with Gasteiger partial charge in [-0.15, -0.1) is 0 Å². The number of benzene rings is 3. The molecule has 12 aromatic rings. The van der Waals surface area contributed by atoms with Crippen LogP contribution in [0.25, 0.3) is 33.5 Å². The number of aromatic hydroxyl groups is 1. The van der Waals surface area contributed by atoms with Crippen molar-refractivity contribution in [2.45, 2.75) is 106 Å². The molecule has 25 nitrogen and oxygen atoms in total. The average Bonchev–Trinajstić information content (AvgIpc) is 1.63. The van der Waals surface area contributed by atoms with Gasteiger partial charge in [0.05, 0.1) is 38.2 Å². The molecule has 0 fully saturated rings. The number of halogens is 4. The molecule has 506 valence electrons. The highest BCUT2D eigenvalue weighted by molar-refractivity contribution is 9.10. The Labute approximate surface area is 578 Å². The van der Waals surface area contributed by atoms with E-state index in [4.69, 9.17) is 49.4 Å². The minimum Gasteiger partial charge on any atom is -0.506 e. The number of hydrogen-bond acceptors (Lipinski definition) is 16. The van der Waals surface area contributed by atoms with Crippen molar-refractivity contribution < 1.29 is 19.7 Å². The summed E-state index contributed by atoms with van der Waals surface area (Å²) < 4.78 is 25.4. The number of aliphatic hydroxyl groups excluding tert-OH is 1. The molecule has 0 aliphatic carbocycles. The van der Waals surface area contributed by atoms with E-state index in [0.717, 1.165) is 64.0 Å². The number of rotatable bonds is 19. The molecule has 0 saturated carbocycles. The summed E-state index contributed by atoms with van der Waals surface area (Å²) in [6, 6.07) is 32.9. The van der Waals surface area contributed by atoms with Crippen LogP contribution in [-0.4, -0.2) is 87.8 Å². The first-order valence-electron chi connectivity index (χ1n) is 30.9. The van der Waals surface area contributed by atoms with Gasteiger partial charge in [0.2, 0.25) is 0 Å². The summed E-state index contributed by atoms with van der Waals surface area (Å²) in [5, 5.41) is 19.7. The summed E-state index contributed by atoms with van der Waals surface area (Å²) in [7, 11) is 4.80. The standard InChI is InChI=1S/C23H24ClN5O3.C22H22ClN5O4.C17H18BrClN4O2.C6H7NO/c1-4-5-12-28-21(30)19-20(27(3)23(28)31)26-22(32-18-11-6-15(2)25-13-18)29(19)14-16-7-9-17(24)10-8-16;1-14-4-9-17(12-24-14)32-21-25-19-18(28(21)13-15-5-7-16(23)8-6-15)20(30)27(10-3-11-29)22(31)26(19)2;1-3-4-9-22-15(24)13-14(21(2)17(22)25)20-16(18)23(13)10-11-5-7-12(19)8-6-11;1-5-2-3-6(8)4-7-5/h6-11,13H,4-5,12,14H2,1-3H3;4-9,12,29H,3,10-11,13H2,1-2H3;5-8H,3-4,9-10H2,1-2H3;2-4,8H,1H3. The van der Waals surface area contributed by atoms with E-state index < -0.39 is 16.9 Å². The van der Waals surface area contributed by atoms with Crippen molar-refractivity contribution in [2.75, 3.05) is 6.61 Å². The molecule has 0 spiro atoms. The molecule has 9 heterocycles. The molecule has 0 aliphatic heterocycles. The molecule has 0 radical (unpaired) electrons. The first kappa shape index (κ1) is 71.6. The fraction of sp³-hybridized carbons (Fsp3) is 0.294. The zero-order chi connectivity index (χ0) is 69.8. The normalized spacial score (nSPS) is 11.1. The number of hydrogen-bond donors (Lipinski definition) is 2. The van der Waals surface area contributed by atoms with Gasteiger partial charge in [-0.3, -0.25) is 65.9 Å². The lowest BCUT2D eigenvalue weighted by Gasteiger charge is -2.11. The van der Waals surface area contributed by atoms with Gasteiger partial charge >= 0.3 is 29.1 Å². The van der Waals surface area contributed by atoms with E-state index in [9.17, 15) is 33.9 Å². The molecule has 0 atom stereocenters. The predicted molar refractivity (Wildman–Crippen MR) is 377 cm³/mol. The third-order valence-corrected chi connectivity index (χ3v) is 16.8. The molecule has 0 saturated heterocycles. The van der Waals surface area contributed by atoms with Crippen LogP contribution in [-0.2, 0) is 60.4 Å². The van der Waals surface area contributed by atoms with Crippen molar-refractivity contribution in [3.63, 3.8) is 0 Å². The zero-order valence-electron chi connectivity index (χ0n) is 54.5. The van der Waals surface area contributed by atoms with E-state index in [1.165, 1.54) is 29.0 Å². The lowest BCUT2D eigenvalue weighted by atomic mass is 10.2. The van der Waals surface area contributed by atoms with Crippen molar-refractivity contribution in [1.29, 1.82) is 0 Å². The van der Waals surface area contributed by atoms with E-state index in [-0.39, 0.29) is 77.5 Å². The molecule has 0 amide bonds. The molecule has 0 aliphatic rings. The highest BCUT2D eigenvalue weighted by Crippen LogP contribution is 2.28. The van der Waals surface area contributed by atoms with Gasteiger partial charge in [0, 0.05) is 79.5 Å². The minimum atomic E-state index is -0.504.